The first kappa shape index (κ1) is 13.6. The summed E-state index contributed by atoms with van der Waals surface area (Å²) >= 11 is 10.3. The third kappa shape index (κ3) is 3.24. The fraction of sp³-hybridized carbons (Fsp3) is 0.222. The average Bonchev–Trinajstić information content (AvgIpc) is 2.20. The Morgan fingerprint density at radius 2 is 2.18 bits per heavy atom. The number of nitrogens with zero attached hydrogens (tertiary/aromatic N) is 2. The van der Waals surface area contributed by atoms with Crippen molar-refractivity contribution in [1.29, 1.82) is 0 Å². The molecular weight excluding hydrogens is 271 g/mol. The first-order valence-corrected chi connectivity index (χ1v) is 5.14. The maximum atomic E-state index is 13.5. The molecule has 5 nitrogen and oxygen atoms in total. The van der Waals surface area contributed by atoms with Gasteiger partial charge in [0.25, 0.3) is 5.17 Å². The van der Waals surface area contributed by atoms with Crippen LogP contribution in [-0.4, -0.2) is 29.1 Å². The van der Waals surface area contributed by atoms with E-state index >= 15 is 0 Å². The molecule has 0 heterocycles. The van der Waals surface area contributed by atoms with Crippen molar-refractivity contribution < 1.29 is 14.1 Å². The monoisotopic (exact) mass is 278 g/mol. The zero-order chi connectivity index (χ0) is 13.2. The van der Waals surface area contributed by atoms with E-state index in [9.17, 15) is 14.5 Å². The lowest BCUT2D eigenvalue weighted by Crippen LogP contribution is -2.25. The van der Waals surface area contributed by atoms with Crippen LogP contribution >= 0.6 is 23.8 Å². The summed E-state index contributed by atoms with van der Waals surface area (Å²) in [5.41, 5.74) is -0.570. The Balaban J connectivity index is 3.22. The highest BCUT2D eigenvalue weighted by Crippen LogP contribution is 2.33. The van der Waals surface area contributed by atoms with E-state index in [0.717, 1.165) is 12.1 Å². The van der Waals surface area contributed by atoms with Crippen molar-refractivity contribution >= 4 is 34.7 Å². The third-order valence-electron chi connectivity index (χ3n) is 1.74. The molecule has 1 aromatic rings. The number of halogens is 2. The molecule has 0 aliphatic heterocycles. The Labute approximate surface area is 107 Å². The number of nitro benzene ring substituents is 1. The molecule has 0 saturated heterocycles. The molecule has 0 aliphatic rings. The average molecular weight is 279 g/mol. The van der Waals surface area contributed by atoms with Gasteiger partial charge < -0.3 is 9.64 Å². The molecule has 1 aromatic carbocycles. The second kappa shape index (κ2) is 5.24. The van der Waals surface area contributed by atoms with Crippen molar-refractivity contribution in [1.82, 2.24) is 4.90 Å². The fourth-order valence-electron chi connectivity index (χ4n) is 0.962. The number of hydrogen-bond acceptors (Lipinski definition) is 4. The second-order valence-corrected chi connectivity index (χ2v) is 4.04. The molecule has 0 unspecified atom stereocenters. The molecule has 8 heteroatoms. The van der Waals surface area contributed by atoms with Crippen LogP contribution in [0.2, 0.25) is 5.02 Å². The molecule has 0 N–H and O–H groups in total. The van der Waals surface area contributed by atoms with Crippen LogP contribution < -0.4 is 4.74 Å². The highest BCUT2D eigenvalue weighted by atomic mass is 35.5. The zero-order valence-electron chi connectivity index (χ0n) is 8.94. The molecule has 0 aliphatic carbocycles. The summed E-state index contributed by atoms with van der Waals surface area (Å²) < 4.78 is 18.4. The highest BCUT2D eigenvalue weighted by Gasteiger charge is 2.23. The van der Waals surface area contributed by atoms with Crippen molar-refractivity contribution in [3.8, 4) is 5.75 Å². The first-order chi connectivity index (χ1) is 7.82. The summed E-state index contributed by atoms with van der Waals surface area (Å²) in [6.45, 7) is 0. The van der Waals surface area contributed by atoms with E-state index in [2.05, 4.69) is 0 Å². The molecule has 0 spiro atoms. The minimum atomic E-state index is -0.937. The van der Waals surface area contributed by atoms with Crippen LogP contribution in [0.5, 0.6) is 5.75 Å². The van der Waals surface area contributed by atoms with Crippen LogP contribution in [-0.2, 0) is 0 Å². The second-order valence-electron chi connectivity index (χ2n) is 3.26. The van der Waals surface area contributed by atoms with Gasteiger partial charge in [-0.05, 0) is 18.3 Å². The summed E-state index contributed by atoms with van der Waals surface area (Å²) in [5, 5.41) is 10.5. The Kier molecular flexibility index (Phi) is 4.19. The van der Waals surface area contributed by atoms with E-state index in [1.165, 1.54) is 4.90 Å². The van der Waals surface area contributed by atoms with Crippen molar-refractivity contribution in [2.24, 2.45) is 0 Å². The maximum Gasteiger partial charge on any atom is 0.316 e. The van der Waals surface area contributed by atoms with Crippen LogP contribution in [0.15, 0.2) is 12.1 Å². The van der Waals surface area contributed by atoms with E-state index in [0.29, 0.717) is 0 Å². The molecule has 0 atom stereocenters. The number of hydrogen-bond donors (Lipinski definition) is 0. The van der Waals surface area contributed by atoms with Gasteiger partial charge in [-0.25, -0.2) is 4.39 Å². The Morgan fingerprint density at radius 1 is 1.59 bits per heavy atom. The maximum absolute atomic E-state index is 13.5. The SMILES string of the molecule is CN(C)C(=S)Oc1c(F)cc(Cl)cc1[N+](=O)[O-]. The lowest BCUT2D eigenvalue weighted by molar-refractivity contribution is -0.385. The van der Waals surface area contributed by atoms with E-state index in [1.807, 2.05) is 0 Å². The smallest absolute Gasteiger partial charge is 0.316 e. The van der Waals surface area contributed by atoms with Crippen LogP contribution in [0.25, 0.3) is 0 Å². The molecule has 17 heavy (non-hydrogen) atoms. The Morgan fingerprint density at radius 3 is 2.65 bits per heavy atom. The predicted octanol–water partition coefficient (Wildman–Crippen LogP) is 2.61. The lowest BCUT2D eigenvalue weighted by Gasteiger charge is -2.14. The van der Waals surface area contributed by atoms with Crippen LogP contribution in [0.4, 0.5) is 10.1 Å². The van der Waals surface area contributed by atoms with Gasteiger partial charge in [0.15, 0.2) is 5.82 Å². The fourth-order valence-corrected chi connectivity index (χ4v) is 1.24. The third-order valence-corrected chi connectivity index (χ3v) is 2.41. The Bertz CT molecular complexity index is 482. The van der Waals surface area contributed by atoms with Gasteiger partial charge >= 0.3 is 5.69 Å². The van der Waals surface area contributed by atoms with Crippen LogP contribution in [0, 0.1) is 15.9 Å². The topological polar surface area (TPSA) is 55.6 Å². The van der Waals surface area contributed by atoms with Gasteiger partial charge in [-0.1, -0.05) is 11.6 Å². The van der Waals surface area contributed by atoms with Gasteiger partial charge in [-0.2, -0.15) is 0 Å². The molecule has 1 rings (SSSR count). The predicted molar refractivity (Wildman–Crippen MR) is 65.0 cm³/mol. The molecule has 0 aromatic heterocycles. The largest absolute Gasteiger partial charge is 0.421 e. The quantitative estimate of drug-likeness (QED) is 0.473. The van der Waals surface area contributed by atoms with E-state index in [1.54, 1.807) is 14.1 Å². The Hall–Kier alpha value is -1.47. The standard InChI is InChI=1S/C9H8ClFN2O3S/c1-12(2)9(17)16-8-6(11)3-5(10)4-7(8)13(14)15/h3-4H,1-2H3. The summed E-state index contributed by atoms with van der Waals surface area (Å²) in [7, 11) is 3.14. The molecule has 0 saturated carbocycles. The summed E-state index contributed by atoms with van der Waals surface area (Å²) in [5.74, 6) is -1.48. The number of ether oxygens (including phenoxy) is 1. The number of thiocarbonyl (C=S) groups is 1. The van der Waals surface area contributed by atoms with Gasteiger partial charge in [0.1, 0.15) is 0 Å². The van der Waals surface area contributed by atoms with E-state index in [-0.39, 0.29) is 10.2 Å². The minimum absolute atomic E-state index is 0.0858. The van der Waals surface area contributed by atoms with Crippen molar-refractivity contribution in [3.05, 3.63) is 33.1 Å². The van der Waals surface area contributed by atoms with Crippen molar-refractivity contribution in [3.63, 3.8) is 0 Å². The number of rotatable bonds is 2. The van der Waals surface area contributed by atoms with Gasteiger partial charge in [-0.15, -0.1) is 0 Å². The van der Waals surface area contributed by atoms with Crippen LogP contribution in [0.1, 0.15) is 0 Å². The molecule has 0 fully saturated rings. The normalized spacial score (nSPS) is 9.88. The van der Waals surface area contributed by atoms with Gasteiger partial charge in [0.2, 0.25) is 5.75 Å². The molecule has 0 amide bonds. The first-order valence-electron chi connectivity index (χ1n) is 4.35. The van der Waals surface area contributed by atoms with Crippen LogP contribution in [0.3, 0.4) is 0 Å². The van der Waals surface area contributed by atoms with Gasteiger partial charge in [0.05, 0.1) is 9.95 Å². The number of nitro groups is 1. The zero-order valence-corrected chi connectivity index (χ0v) is 10.5. The van der Waals surface area contributed by atoms with Crippen molar-refractivity contribution in [2.45, 2.75) is 0 Å². The van der Waals surface area contributed by atoms with Crippen molar-refractivity contribution in [2.75, 3.05) is 14.1 Å². The number of benzene rings is 1. The molecular formula is C9H8ClFN2O3S. The summed E-state index contributed by atoms with van der Waals surface area (Å²) in [4.78, 5) is 11.3. The molecule has 0 bridgehead atoms. The summed E-state index contributed by atoms with van der Waals surface area (Å²) in [6, 6.07) is 1.92. The van der Waals surface area contributed by atoms with E-state index in [4.69, 9.17) is 28.6 Å². The van der Waals surface area contributed by atoms with Gasteiger partial charge in [0, 0.05) is 20.2 Å². The molecule has 0 radical (unpaired) electrons. The lowest BCUT2D eigenvalue weighted by atomic mass is 10.3. The molecule has 92 valence electrons. The summed E-state index contributed by atoms with van der Waals surface area (Å²) in [6.07, 6.45) is 0. The van der Waals surface area contributed by atoms with E-state index < -0.39 is 22.2 Å². The van der Waals surface area contributed by atoms with Gasteiger partial charge in [-0.3, -0.25) is 10.1 Å². The highest BCUT2D eigenvalue weighted by molar-refractivity contribution is 7.80. The minimum Gasteiger partial charge on any atom is -0.421 e.